The number of ether oxygens (including phenoxy) is 1. The highest BCUT2D eigenvalue weighted by Crippen LogP contribution is 2.11. The van der Waals surface area contributed by atoms with Gasteiger partial charge < -0.3 is 14.6 Å². The van der Waals surface area contributed by atoms with Gasteiger partial charge in [-0.15, -0.1) is 0 Å². The van der Waals surface area contributed by atoms with Crippen LogP contribution in [0.4, 0.5) is 0 Å². The summed E-state index contributed by atoms with van der Waals surface area (Å²) >= 11 is 0. The number of hydrogen-bond acceptors (Lipinski definition) is 5. The Morgan fingerprint density at radius 1 is 1.19 bits per heavy atom. The third-order valence-electron chi connectivity index (χ3n) is 3.68. The third kappa shape index (κ3) is 4.80. The molecular formula is C20H19N3O3. The predicted molar refractivity (Wildman–Crippen MR) is 98.4 cm³/mol. The molecule has 1 heterocycles. The number of aromatic nitrogens is 1. The molecule has 0 fully saturated rings. The number of methoxy groups -OCH3 is 1. The number of carbonyl (C=O) groups is 1. The summed E-state index contributed by atoms with van der Waals surface area (Å²) in [5.41, 5.74) is 2.30. The Balaban J connectivity index is 1.50. The molecule has 1 N–H and O–H groups in total. The maximum Gasteiger partial charge on any atom is 0.251 e. The standard InChI is InChI=1S/C20H19N3O3/c1-25-18-9-7-16(8-10-18)20(24)22-14-19-11-17(23-26-19)13-21-12-15-5-3-2-4-6-15/h2-12H,13-14H2,1H3,(H,22,24). The summed E-state index contributed by atoms with van der Waals surface area (Å²) in [5, 5.41) is 6.76. The first-order valence-corrected chi connectivity index (χ1v) is 8.16. The number of nitrogens with zero attached hydrogens (tertiary/aromatic N) is 2. The largest absolute Gasteiger partial charge is 0.497 e. The van der Waals surface area contributed by atoms with E-state index in [-0.39, 0.29) is 12.5 Å². The molecule has 1 aromatic heterocycles. The van der Waals surface area contributed by atoms with Crippen LogP contribution in [-0.2, 0) is 13.1 Å². The van der Waals surface area contributed by atoms with E-state index in [0.717, 1.165) is 5.56 Å². The molecule has 1 amide bonds. The van der Waals surface area contributed by atoms with Crippen LogP contribution in [0.15, 0.2) is 70.2 Å². The van der Waals surface area contributed by atoms with Crippen LogP contribution in [0.2, 0.25) is 0 Å². The number of aliphatic imine (C=N–C) groups is 1. The minimum Gasteiger partial charge on any atom is -0.497 e. The number of nitrogens with one attached hydrogen (secondary N) is 1. The molecule has 0 spiro atoms. The number of benzene rings is 2. The van der Waals surface area contributed by atoms with Crippen molar-refractivity contribution in [3.63, 3.8) is 0 Å². The Kier molecular flexibility index (Phi) is 5.77. The molecule has 0 unspecified atom stereocenters. The van der Waals surface area contributed by atoms with Gasteiger partial charge in [0.2, 0.25) is 0 Å². The molecule has 0 saturated carbocycles. The molecule has 132 valence electrons. The van der Waals surface area contributed by atoms with E-state index in [1.54, 1.807) is 43.7 Å². The molecule has 6 nitrogen and oxygen atoms in total. The minimum absolute atomic E-state index is 0.187. The SMILES string of the molecule is COc1ccc(C(=O)NCc2cc(CN=Cc3ccccc3)no2)cc1. The Morgan fingerprint density at radius 2 is 1.96 bits per heavy atom. The van der Waals surface area contributed by atoms with E-state index in [1.165, 1.54) is 0 Å². The highest BCUT2D eigenvalue weighted by atomic mass is 16.5. The van der Waals surface area contributed by atoms with Crippen molar-refractivity contribution in [3.8, 4) is 5.75 Å². The highest BCUT2D eigenvalue weighted by molar-refractivity contribution is 5.94. The second-order valence-electron chi connectivity index (χ2n) is 5.58. The maximum absolute atomic E-state index is 12.1. The van der Waals surface area contributed by atoms with Crippen molar-refractivity contribution in [3.05, 3.63) is 83.2 Å². The van der Waals surface area contributed by atoms with Gasteiger partial charge >= 0.3 is 0 Å². The lowest BCUT2D eigenvalue weighted by atomic mass is 10.2. The lowest BCUT2D eigenvalue weighted by molar-refractivity contribution is 0.0947. The van der Waals surface area contributed by atoms with Gasteiger partial charge in [-0.3, -0.25) is 9.79 Å². The summed E-state index contributed by atoms with van der Waals surface area (Å²) in [4.78, 5) is 16.5. The quantitative estimate of drug-likeness (QED) is 0.664. The first-order chi connectivity index (χ1) is 12.7. The molecule has 3 aromatic rings. The highest BCUT2D eigenvalue weighted by Gasteiger charge is 2.08. The van der Waals surface area contributed by atoms with Gasteiger partial charge in [0.1, 0.15) is 11.4 Å². The molecule has 26 heavy (non-hydrogen) atoms. The fourth-order valence-corrected chi connectivity index (χ4v) is 2.31. The van der Waals surface area contributed by atoms with Crippen LogP contribution in [0.25, 0.3) is 0 Å². The maximum atomic E-state index is 12.1. The van der Waals surface area contributed by atoms with Crippen LogP contribution in [0.1, 0.15) is 27.4 Å². The summed E-state index contributed by atoms with van der Waals surface area (Å²) in [6, 6.07) is 18.5. The van der Waals surface area contributed by atoms with Crippen molar-refractivity contribution < 1.29 is 14.1 Å². The predicted octanol–water partition coefficient (Wildman–Crippen LogP) is 3.23. The van der Waals surface area contributed by atoms with Crippen LogP contribution < -0.4 is 10.1 Å². The van der Waals surface area contributed by atoms with Gasteiger partial charge in [-0.2, -0.15) is 0 Å². The van der Waals surface area contributed by atoms with E-state index in [4.69, 9.17) is 9.26 Å². The average molecular weight is 349 g/mol. The smallest absolute Gasteiger partial charge is 0.251 e. The van der Waals surface area contributed by atoms with E-state index in [0.29, 0.717) is 29.3 Å². The van der Waals surface area contributed by atoms with Gasteiger partial charge in [0.05, 0.1) is 20.2 Å². The summed E-state index contributed by atoms with van der Waals surface area (Å²) < 4.78 is 10.3. The number of rotatable bonds is 7. The second-order valence-corrected chi connectivity index (χ2v) is 5.58. The van der Waals surface area contributed by atoms with E-state index in [9.17, 15) is 4.79 Å². The Hall–Kier alpha value is -3.41. The van der Waals surface area contributed by atoms with E-state index < -0.39 is 0 Å². The molecule has 0 aliphatic rings. The summed E-state index contributed by atoms with van der Waals surface area (Å²) in [7, 11) is 1.58. The van der Waals surface area contributed by atoms with E-state index in [2.05, 4.69) is 15.5 Å². The molecule has 0 aliphatic carbocycles. The lowest BCUT2D eigenvalue weighted by Gasteiger charge is -2.04. The molecule has 3 rings (SSSR count). The Labute approximate surface area is 151 Å². The van der Waals surface area contributed by atoms with Crippen LogP contribution in [0.3, 0.4) is 0 Å². The number of carbonyl (C=O) groups excluding carboxylic acids is 1. The molecular weight excluding hydrogens is 330 g/mol. The van der Waals surface area contributed by atoms with Crippen LogP contribution in [0, 0.1) is 0 Å². The van der Waals surface area contributed by atoms with Crippen molar-refractivity contribution in [1.82, 2.24) is 10.5 Å². The molecule has 0 saturated heterocycles. The fraction of sp³-hybridized carbons (Fsp3) is 0.150. The second kappa shape index (κ2) is 8.62. The first kappa shape index (κ1) is 17.4. The Morgan fingerprint density at radius 3 is 2.69 bits per heavy atom. The first-order valence-electron chi connectivity index (χ1n) is 8.16. The molecule has 0 atom stereocenters. The number of amides is 1. The van der Waals surface area contributed by atoms with Crippen molar-refractivity contribution in [2.75, 3.05) is 7.11 Å². The van der Waals surface area contributed by atoms with Crippen molar-refractivity contribution in [2.24, 2.45) is 4.99 Å². The van der Waals surface area contributed by atoms with Crippen LogP contribution in [0.5, 0.6) is 5.75 Å². The zero-order chi connectivity index (χ0) is 18.2. The fourth-order valence-electron chi connectivity index (χ4n) is 2.31. The summed E-state index contributed by atoms with van der Waals surface area (Å²) in [6.07, 6.45) is 1.79. The Bertz CT molecular complexity index is 871. The van der Waals surface area contributed by atoms with Crippen LogP contribution in [-0.4, -0.2) is 24.4 Å². The van der Waals surface area contributed by atoms with Crippen LogP contribution >= 0.6 is 0 Å². The summed E-state index contributed by atoms with van der Waals surface area (Å²) in [5.74, 6) is 1.10. The monoisotopic (exact) mass is 349 g/mol. The normalized spacial score (nSPS) is 10.8. The lowest BCUT2D eigenvalue weighted by Crippen LogP contribution is -2.22. The molecule has 6 heteroatoms. The van der Waals surface area contributed by atoms with Crippen molar-refractivity contribution in [2.45, 2.75) is 13.1 Å². The minimum atomic E-state index is -0.187. The van der Waals surface area contributed by atoms with Gasteiger partial charge in [0.15, 0.2) is 5.76 Å². The van der Waals surface area contributed by atoms with Crippen molar-refractivity contribution in [1.29, 1.82) is 0 Å². The molecule has 2 aromatic carbocycles. The zero-order valence-electron chi connectivity index (χ0n) is 14.4. The van der Waals surface area contributed by atoms with Gasteiger partial charge in [-0.25, -0.2) is 0 Å². The topological polar surface area (TPSA) is 76.7 Å². The zero-order valence-corrected chi connectivity index (χ0v) is 14.4. The third-order valence-corrected chi connectivity index (χ3v) is 3.68. The average Bonchev–Trinajstić information content (AvgIpc) is 3.15. The van der Waals surface area contributed by atoms with Gasteiger partial charge in [-0.05, 0) is 29.8 Å². The van der Waals surface area contributed by atoms with E-state index in [1.807, 2.05) is 30.3 Å². The number of hydrogen-bond donors (Lipinski definition) is 1. The molecule has 0 bridgehead atoms. The van der Waals surface area contributed by atoms with Gasteiger partial charge in [0.25, 0.3) is 5.91 Å². The van der Waals surface area contributed by atoms with Gasteiger partial charge in [0, 0.05) is 17.8 Å². The van der Waals surface area contributed by atoms with Crippen molar-refractivity contribution >= 4 is 12.1 Å². The molecule has 0 radical (unpaired) electrons. The van der Waals surface area contributed by atoms with Gasteiger partial charge in [-0.1, -0.05) is 35.5 Å². The van der Waals surface area contributed by atoms with E-state index >= 15 is 0 Å². The summed E-state index contributed by atoms with van der Waals surface area (Å²) in [6.45, 7) is 0.686. The molecule has 0 aliphatic heterocycles.